The number of nitrogens with zero attached hydrogens (tertiary/aromatic N) is 1. The molecule has 7 heteroatoms. The number of fused-ring (bicyclic) bond motifs is 1. The summed E-state index contributed by atoms with van der Waals surface area (Å²) in [5.41, 5.74) is 3.31. The molecule has 0 saturated heterocycles. The van der Waals surface area contributed by atoms with Gasteiger partial charge in [-0.15, -0.1) is 0 Å². The third-order valence-corrected chi connectivity index (χ3v) is 4.77. The second-order valence-corrected chi connectivity index (χ2v) is 7.03. The summed E-state index contributed by atoms with van der Waals surface area (Å²) < 4.78 is 10.6. The zero-order valence-corrected chi connectivity index (χ0v) is 17.7. The highest BCUT2D eigenvalue weighted by atomic mass is 16.5. The van der Waals surface area contributed by atoms with Gasteiger partial charge in [-0.3, -0.25) is 14.6 Å². The van der Waals surface area contributed by atoms with Crippen LogP contribution < -0.4 is 20.1 Å². The van der Waals surface area contributed by atoms with Gasteiger partial charge in [-0.2, -0.15) is 0 Å². The zero-order valence-electron chi connectivity index (χ0n) is 17.7. The topological polar surface area (TPSA) is 89.6 Å². The Bertz CT molecular complexity index is 1110. The first-order chi connectivity index (χ1) is 14.3. The Hall–Kier alpha value is -3.61. The Labute approximate surface area is 175 Å². The Morgan fingerprint density at radius 3 is 2.40 bits per heavy atom. The molecule has 2 amide bonds. The standard InChI is InChI=1S/C23H25N3O4/c1-13-6-8-18-19(11-17(26-15(3)27)12-20(18)24-13)23(28)25-14(2)16-7-9-21(29-4)22(10-16)30-5/h6-12,14H,1-5H3,(H,25,28)(H,26,27)/t14-/m0/s1. The Kier molecular flexibility index (Phi) is 6.20. The van der Waals surface area contributed by atoms with Crippen LogP contribution in [-0.2, 0) is 4.79 Å². The number of benzene rings is 2. The molecule has 30 heavy (non-hydrogen) atoms. The van der Waals surface area contributed by atoms with Gasteiger partial charge in [0.05, 0.1) is 31.3 Å². The van der Waals surface area contributed by atoms with Crippen LogP contribution in [0.5, 0.6) is 11.5 Å². The highest BCUT2D eigenvalue weighted by molar-refractivity contribution is 6.08. The van der Waals surface area contributed by atoms with Gasteiger partial charge in [0, 0.05) is 23.7 Å². The van der Waals surface area contributed by atoms with E-state index in [4.69, 9.17) is 9.47 Å². The van der Waals surface area contributed by atoms with Gasteiger partial charge in [0.25, 0.3) is 5.91 Å². The minimum atomic E-state index is -0.282. The molecule has 3 rings (SSSR count). The molecule has 156 valence electrons. The fourth-order valence-electron chi connectivity index (χ4n) is 3.28. The number of anilines is 1. The lowest BCUT2D eigenvalue weighted by Gasteiger charge is -2.18. The lowest BCUT2D eigenvalue weighted by Crippen LogP contribution is -2.27. The highest BCUT2D eigenvalue weighted by Gasteiger charge is 2.17. The number of rotatable bonds is 6. The number of nitrogens with one attached hydrogen (secondary N) is 2. The first-order valence-corrected chi connectivity index (χ1v) is 9.54. The molecule has 0 aliphatic carbocycles. The predicted octanol–water partition coefficient (Wildman–Crippen LogP) is 4.01. The molecular weight excluding hydrogens is 382 g/mol. The molecule has 0 bridgehead atoms. The third-order valence-electron chi connectivity index (χ3n) is 4.77. The van der Waals surface area contributed by atoms with Crippen molar-refractivity contribution in [3.8, 4) is 11.5 Å². The van der Waals surface area contributed by atoms with Crippen molar-refractivity contribution in [3.63, 3.8) is 0 Å². The first-order valence-electron chi connectivity index (χ1n) is 9.54. The molecule has 0 spiro atoms. The molecule has 0 radical (unpaired) electrons. The van der Waals surface area contributed by atoms with Crippen molar-refractivity contribution < 1.29 is 19.1 Å². The third kappa shape index (κ3) is 4.51. The van der Waals surface area contributed by atoms with Crippen molar-refractivity contribution in [3.05, 3.63) is 59.3 Å². The minimum absolute atomic E-state index is 0.216. The van der Waals surface area contributed by atoms with Crippen molar-refractivity contribution in [2.45, 2.75) is 26.8 Å². The van der Waals surface area contributed by atoms with E-state index in [1.54, 1.807) is 32.4 Å². The predicted molar refractivity (Wildman–Crippen MR) is 116 cm³/mol. The summed E-state index contributed by atoms with van der Waals surface area (Å²) in [6.45, 7) is 5.19. The molecule has 0 unspecified atom stereocenters. The molecule has 7 nitrogen and oxygen atoms in total. The van der Waals surface area contributed by atoms with E-state index in [9.17, 15) is 9.59 Å². The van der Waals surface area contributed by atoms with Crippen molar-refractivity contribution in [2.24, 2.45) is 0 Å². The van der Waals surface area contributed by atoms with Crippen LogP contribution in [0.1, 0.15) is 41.5 Å². The van der Waals surface area contributed by atoms with Crippen LogP contribution in [0.3, 0.4) is 0 Å². The number of carbonyl (C=O) groups excluding carboxylic acids is 2. The van der Waals surface area contributed by atoms with Crippen molar-refractivity contribution in [2.75, 3.05) is 19.5 Å². The van der Waals surface area contributed by atoms with E-state index in [0.29, 0.717) is 33.7 Å². The van der Waals surface area contributed by atoms with Gasteiger partial charge in [-0.05, 0) is 49.7 Å². The Morgan fingerprint density at radius 2 is 1.73 bits per heavy atom. The summed E-state index contributed by atoms with van der Waals surface area (Å²) in [5.74, 6) is 0.733. The maximum Gasteiger partial charge on any atom is 0.252 e. The molecule has 1 aromatic heterocycles. The maximum absolute atomic E-state index is 13.1. The largest absolute Gasteiger partial charge is 0.493 e. The molecule has 2 aromatic carbocycles. The number of aryl methyl sites for hydroxylation is 1. The molecule has 1 atom stereocenters. The van der Waals surface area contributed by atoms with Crippen LogP contribution in [0.15, 0.2) is 42.5 Å². The van der Waals surface area contributed by atoms with Crippen LogP contribution in [0.2, 0.25) is 0 Å². The number of amides is 2. The lowest BCUT2D eigenvalue weighted by atomic mass is 10.0. The van der Waals surface area contributed by atoms with Crippen LogP contribution >= 0.6 is 0 Å². The number of hydrogen-bond acceptors (Lipinski definition) is 5. The van der Waals surface area contributed by atoms with E-state index >= 15 is 0 Å². The van der Waals surface area contributed by atoms with Crippen molar-refractivity contribution in [1.82, 2.24) is 10.3 Å². The SMILES string of the molecule is COc1ccc([C@H](C)NC(=O)c2cc(NC(C)=O)cc3nc(C)ccc23)cc1OC. The molecule has 0 aliphatic heterocycles. The molecular formula is C23H25N3O4. The van der Waals surface area contributed by atoms with E-state index in [-0.39, 0.29) is 17.9 Å². The van der Waals surface area contributed by atoms with Crippen molar-refractivity contribution in [1.29, 1.82) is 0 Å². The van der Waals surface area contributed by atoms with Gasteiger partial charge in [0.1, 0.15) is 0 Å². The van der Waals surface area contributed by atoms with Gasteiger partial charge < -0.3 is 20.1 Å². The molecule has 0 saturated carbocycles. The van der Waals surface area contributed by atoms with Gasteiger partial charge in [-0.25, -0.2) is 0 Å². The average molecular weight is 407 g/mol. The van der Waals surface area contributed by atoms with Crippen molar-refractivity contribution >= 4 is 28.4 Å². The molecule has 2 N–H and O–H groups in total. The van der Waals surface area contributed by atoms with Gasteiger partial charge in [-0.1, -0.05) is 12.1 Å². The number of methoxy groups -OCH3 is 2. The van der Waals surface area contributed by atoms with Crippen LogP contribution in [-0.4, -0.2) is 31.0 Å². The number of ether oxygens (including phenoxy) is 2. The zero-order chi connectivity index (χ0) is 21.8. The van der Waals surface area contributed by atoms with Gasteiger partial charge in [0.2, 0.25) is 5.91 Å². The highest BCUT2D eigenvalue weighted by Crippen LogP contribution is 2.30. The summed E-state index contributed by atoms with van der Waals surface area (Å²) in [7, 11) is 3.14. The second kappa shape index (κ2) is 8.82. The smallest absolute Gasteiger partial charge is 0.252 e. The fourth-order valence-corrected chi connectivity index (χ4v) is 3.28. The van der Waals surface area contributed by atoms with Gasteiger partial charge >= 0.3 is 0 Å². The minimum Gasteiger partial charge on any atom is -0.493 e. The number of hydrogen-bond donors (Lipinski definition) is 2. The van der Waals surface area contributed by atoms with Gasteiger partial charge in [0.15, 0.2) is 11.5 Å². The number of aromatic nitrogens is 1. The van der Waals surface area contributed by atoms with E-state index in [1.165, 1.54) is 6.92 Å². The van der Waals surface area contributed by atoms with E-state index in [0.717, 1.165) is 11.3 Å². The fraction of sp³-hybridized carbons (Fsp3) is 0.261. The Balaban J connectivity index is 1.95. The average Bonchev–Trinajstić information content (AvgIpc) is 2.71. The second-order valence-electron chi connectivity index (χ2n) is 7.03. The summed E-state index contributed by atoms with van der Waals surface area (Å²) >= 11 is 0. The van der Waals surface area contributed by atoms with Crippen LogP contribution in [0.4, 0.5) is 5.69 Å². The maximum atomic E-state index is 13.1. The van der Waals surface area contributed by atoms with Crippen LogP contribution in [0.25, 0.3) is 10.9 Å². The summed E-state index contributed by atoms with van der Waals surface area (Å²) in [6.07, 6.45) is 0. The number of pyridine rings is 1. The van der Waals surface area contributed by atoms with E-state index < -0.39 is 0 Å². The van der Waals surface area contributed by atoms with E-state index in [1.807, 2.05) is 38.1 Å². The first kappa shape index (κ1) is 21.1. The lowest BCUT2D eigenvalue weighted by molar-refractivity contribution is -0.114. The molecule has 0 fully saturated rings. The molecule has 0 aliphatic rings. The quantitative estimate of drug-likeness (QED) is 0.644. The monoisotopic (exact) mass is 407 g/mol. The molecule has 1 heterocycles. The summed E-state index contributed by atoms with van der Waals surface area (Å²) in [6, 6.07) is 12.4. The molecule has 3 aromatic rings. The summed E-state index contributed by atoms with van der Waals surface area (Å²) in [5, 5.41) is 6.46. The normalized spacial score (nSPS) is 11.6. The van der Waals surface area contributed by atoms with E-state index in [2.05, 4.69) is 15.6 Å². The summed E-state index contributed by atoms with van der Waals surface area (Å²) in [4.78, 5) is 29.2. The number of carbonyl (C=O) groups is 2. The van der Waals surface area contributed by atoms with Crippen LogP contribution in [0, 0.1) is 6.92 Å². The Morgan fingerprint density at radius 1 is 1.00 bits per heavy atom.